The third-order valence-corrected chi connectivity index (χ3v) is 4.31. The summed E-state index contributed by atoms with van der Waals surface area (Å²) in [6.07, 6.45) is 0. The molecule has 2 N–H and O–H groups in total. The van der Waals surface area contributed by atoms with E-state index in [9.17, 15) is 14.7 Å². The molecule has 0 aliphatic heterocycles. The molecule has 0 radical (unpaired) electrons. The number of hydrogen-bond donors (Lipinski definition) is 2. The van der Waals surface area contributed by atoms with Gasteiger partial charge < -0.3 is 15.2 Å². The highest BCUT2D eigenvalue weighted by Crippen LogP contribution is 2.23. The van der Waals surface area contributed by atoms with Gasteiger partial charge in [0.05, 0.1) is 5.69 Å². The lowest BCUT2D eigenvalue weighted by molar-refractivity contribution is -0.143. The van der Waals surface area contributed by atoms with Gasteiger partial charge in [-0.15, -0.1) is 0 Å². The molecule has 2 aromatic rings. The van der Waals surface area contributed by atoms with E-state index in [2.05, 4.69) is 10.4 Å². The van der Waals surface area contributed by atoms with Crippen LogP contribution in [0.15, 0.2) is 30.3 Å². The molecule has 0 bridgehead atoms. The van der Waals surface area contributed by atoms with Crippen molar-refractivity contribution in [2.45, 2.75) is 26.2 Å². The van der Waals surface area contributed by atoms with Gasteiger partial charge in [-0.25, -0.2) is 0 Å². The summed E-state index contributed by atoms with van der Waals surface area (Å²) < 4.78 is 7.22. The fourth-order valence-corrected chi connectivity index (χ4v) is 2.53. The van der Waals surface area contributed by atoms with Crippen molar-refractivity contribution >= 4 is 11.9 Å². The van der Waals surface area contributed by atoms with E-state index < -0.39 is 11.4 Å². The van der Waals surface area contributed by atoms with Crippen LogP contribution in [0, 0.1) is 13.8 Å². The number of ether oxygens (including phenoxy) is 1. The Morgan fingerprint density at radius 1 is 1.28 bits per heavy atom. The molecule has 1 heterocycles. The molecule has 1 unspecified atom stereocenters. The average molecular weight is 345 g/mol. The highest BCUT2D eigenvalue weighted by molar-refractivity contribution is 5.83. The number of benzene rings is 1. The van der Waals surface area contributed by atoms with Gasteiger partial charge in [0.1, 0.15) is 11.1 Å². The SMILES string of the molecule is Cc1nn(C)c(C)c1OCC(=O)NCC(C)(C(=O)O)c1ccccc1. The van der Waals surface area contributed by atoms with Crippen molar-refractivity contribution in [2.24, 2.45) is 7.05 Å². The molecule has 0 fully saturated rings. The number of carbonyl (C=O) groups is 2. The molecule has 0 aliphatic carbocycles. The van der Waals surface area contributed by atoms with Gasteiger partial charge in [0.2, 0.25) is 0 Å². The molecule has 2 rings (SSSR count). The second kappa shape index (κ2) is 7.38. The highest BCUT2D eigenvalue weighted by Gasteiger charge is 2.35. The zero-order chi connectivity index (χ0) is 18.6. The maximum absolute atomic E-state index is 12.1. The second-order valence-corrected chi connectivity index (χ2v) is 6.19. The maximum atomic E-state index is 12.1. The number of amides is 1. The third-order valence-electron chi connectivity index (χ3n) is 4.31. The molecule has 1 amide bonds. The van der Waals surface area contributed by atoms with Gasteiger partial charge in [-0.3, -0.25) is 14.3 Å². The number of carboxylic acid groups (broad SMARTS) is 1. The number of carboxylic acids is 1. The van der Waals surface area contributed by atoms with Gasteiger partial charge in [-0.1, -0.05) is 30.3 Å². The molecular weight excluding hydrogens is 322 g/mol. The van der Waals surface area contributed by atoms with Crippen LogP contribution < -0.4 is 10.1 Å². The van der Waals surface area contributed by atoms with Crippen LogP contribution in [-0.2, 0) is 22.1 Å². The van der Waals surface area contributed by atoms with Gasteiger partial charge in [-0.05, 0) is 26.3 Å². The summed E-state index contributed by atoms with van der Waals surface area (Å²) in [5.41, 5.74) is 0.942. The van der Waals surface area contributed by atoms with Crippen molar-refractivity contribution in [3.63, 3.8) is 0 Å². The number of rotatable bonds is 7. The summed E-state index contributed by atoms with van der Waals surface area (Å²) in [6.45, 7) is 5.01. The molecular formula is C18H23N3O4. The van der Waals surface area contributed by atoms with Crippen molar-refractivity contribution in [1.82, 2.24) is 15.1 Å². The summed E-state index contributed by atoms with van der Waals surface area (Å²) in [5, 5.41) is 16.5. The van der Waals surface area contributed by atoms with E-state index in [4.69, 9.17) is 4.74 Å². The topological polar surface area (TPSA) is 93.5 Å². The van der Waals surface area contributed by atoms with Crippen LogP contribution in [-0.4, -0.2) is 39.9 Å². The molecule has 0 saturated carbocycles. The Hall–Kier alpha value is -2.83. The van der Waals surface area contributed by atoms with Gasteiger partial charge >= 0.3 is 5.97 Å². The summed E-state index contributed by atoms with van der Waals surface area (Å²) >= 11 is 0. The summed E-state index contributed by atoms with van der Waals surface area (Å²) in [6, 6.07) is 8.83. The average Bonchev–Trinajstić information content (AvgIpc) is 2.83. The molecule has 7 nitrogen and oxygen atoms in total. The first-order valence-corrected chi connectivity index (χ1v) is 7.94. The van der Waals surface area contributed by atoms with Crippen molar-refractivity contribution in [2.75, 3.05) is 13.2 Å². The predicted octanol–water partition coefficient (Wildman–Crippen LogP) is 1.57. The van der Waals surface area contributed by atoms with E-state index in [0.29, 0.717) is 17.0 Å². The van der Waals surface area contributed by atoms with Crippen LogP contribution >= 0.6 is 0 Å². The van der Waals surface area contributed by atoms with Crippen molar-refractivity contribution in [1.29, 1.82) is 0 Å². The zero-order valence-electron chi connectivity index (χ0n) is 14.9. The number of nitrogens with zero attached hydrogens (tertiary/aromatic N) is 2. The molecule has 0 saturated heterocycles. The minimum atomic E-state index is -1.21. The largest absolute Gasteiger partial charge is 0.481 e. The van der Waals surface area contributed by atoms with E-state index in [0.717, 1.165) is 5.69 Å². The standard InChI is InChI=1S/C18H23N3O4/c1-12-16(13(2)21(4)20-12)25-10-15(22)19-11-18(3,17(23)24)14-8-6-5-7-9-14/h5-9H,10-11H2,1-4H3,(H,19,22)(H,23,24). The molecule has 0 spiro atoms. The Morgan fingerprint density at radius 2 is 1.92 bits per heavy atom. The molecule has 1 atom stereocenters. The van der Waals surface area contributed by atoms with Crippen LogP contribution in [0.3, 0.4) is 0 Å². The lowest BCUT2D eigenvalue weighted by atomic mass is 9.82. The Kier molecular flexibility index (Phi) is 5.46. The van der Waals surface area contributed by atoms with Crippen LogP contribution in [0.25, 0.3) is 0 Å². The van der Waals surface area contributed by atoms with Gasteiger partial charge in [0, 0.05) is 13.6 Å². The number of aliphatic carboxylic acids is 1. The first-order valence-electron chi connectivity index (χ1n) is 7.94. The predicted molar refractivity (Wildman–Crippen MR) is 92.6 cm³/mol. The second-order valence-electron chi connectivity index (χ2n) is 6.19. The smallest absolute Gasteiger partial charge is 0.315 e. The number of carbonyl (C=O) groups excluding carboxylic acids is 1. The normalized spacial score (nSPS) is 13.1. The van der Waals surface area contributed by atoms with Crippen molar-refractivity contribution in [3.05, 3.63) is 47.3 Å². The van der Waals surface area contributed by atoms with Crippen molar-refractivity contribution in [3.8, 4) is 5.75 Å². The van der Waals surface area contributed by atoms with Crippen LogP contribution in [0.5, 0.6) is 5.75 Å². The summed E-state index contributed by atoms with van der Waals surface area (Å²) in [7, 11) is 1.80. The Balaban J connectivity index is 1.99. The summed E-state index contributed by atoms with van der Waals surface area (Å²) in [4.78, 5) is 23.8. The minimum absolute atomic E-state index is 0.0282. The van der Waals surface area contributed by atoms with Gasteiger partial charge in [0.15, 0.2) is 12.4 Å². The quantitative estimate of drug-likeness (QED) is 0.794. The molecule has 25 heavy (non-hydrogen) atoms. The fraction of sp³-hybridized carbons (Fsp3) is 0.389. The molecule has 7 heteroatoms. The zero-order valence-corrected chi connectivity index (χ0v) is 14.9. The van der Waals surface area contributed by atoms with Crippen LogP contribution in [0.1, 0.15) is 23.9 Å². The molecule has 1 aromatic heterocycles. The number of aromatic nitrogens is 2. The number of hydrogen-bond acceptors (Lipinski definition) is 4. The fourth-order valence-electron chi connectivity index (χ4n) is 2.53. The monoisotopic (exact) mass is 345 g/mol. The van der Waals surface area contributed by atoms with Crippen molar-refractivity contribution < 1.29 is 19.4 Å². The number of aryl methyl sites for hydroxylation is 2. The molecule has 0 aliphatic rings. The lowest BCUT2D eigenvalue weighted by Crippen LogP contribution is -2.45. The van der Waals surface area contributed by atoms with Gasteiger partial charge in [-0.2, -0.15) is 5.10 Å². The van der Waals surface area contributed by atoms with Crippen LogP contribution in [0.4, 0.5) is 0 Å². The number of nitrogens with one attached hydrogen (secondary N) is 1. The lowest BCUT2D eigenvalue weighted by Gasteiger charge is -2.25. The van der Waals surface area contributed by atoms with E-state index in [1.807, 2.05) is 13.0 Å². The van der Waals surface area contributed by atoms with E-state index in [1.165, 1.54) is 0 Å². The highest BCUT2D eigenvalue weighted by atomic mass is 16.5. The first-order chi connectivity index (χ1) is 11.8. The Bertz CT molecular complexity index is 770. The van der Waals surface area contributed by atoms with E-state index in [-0.39, 0.29) is 19.1 Å². The van der Waals surface area contributed by atoms with E-state index in [1.54, 1.807) is 49.8 Å². The van der Waals surface area contributed by atoms with Gasteiger partial charge in [0.25, 0.3) is 5.91 Å². The van der Waals surface area contributed by atoms with E-state index >= 15 is 0 Å². The Morgan fingerprint density at radius 3 is 2.44 bits per heavy atom. The first kappa shape index (κ1) is 18.5. The van der Waals surface area contributed by atoms with Crippen LogP contribution in [0.2, 0.25) is 0 Å². The third kappa shape index (κ3) is 3.99. The molecule has 134 valence electrons. The summed E-state index contributed by atoms with van der Waals surface area (Å²) in [5.74, 6) is -0.813. The minimum Gasteiger partial charge on any atom is -0.481 e. The molecule has 1 aromatic carbocycles. The maximum Gasteiger partial charge on any atom is 0.315 e. The Labute approximate surface area is 146 Å².